The second-order valence-corrected chi connectivity index (χ2v) is 16.8. The minimum Gasteiger partial charge on any atom is -0.252 e. The average molecular weight is 774 g/mol. The molecule has 60 heavy (non-hydrogen) atoms. The molecular weight excluding hydrogens is 723 g/mol. The van der Waals surface area contributed by atoms with Crippen LogP contribution in [0.3, 0.4) is 0 Å². The van der Waals surface area contributed by atoms with Crippen molar-refractivity contribution in [2.24, 2.45) is 4.99 Å². The highest BCUT2D eigenvalue weighted by atomic mass is 14.8. The van der Waals surface area contributed by atoms with Crippen LogP contribution >= 0.6 is 0 Å². The number of benzene rings is 8. The van der Waals surface area contributed by atoms with E-state index in [4.69, 9.17) is 4.99 Å². The number of aliphatic imine (C=N–C) groups is 1. The van der Waals surface area contributed by atoms with E-state index < -0.39 is 0 Å². The lowest BCUT2D eigenvalue weighted by atomic mass is 9.81. The van der Waals surface area contributed by atoms with E-state index in [1.54, 1.807) is 0 Å². The summed E-state index contributed by atoms with van der Waals surface area (Å²) in [7, 11) is 0. The molecule has 0 atom stereocenters. The van der Waals surface area contributed by atoms with Crippen LogP contribution in [0.25, 0.3) is 66.6 Å². The molecule has 0 aromatic heterocycles. The maximum absolute atomic E-state index is 5.23. The number of hydrogen-bond acceptors (Lipinski definition) is 1. The van der Waals surface area contributed by atoms with Crippen LogP contribution in [-0.2, 0) is 5.41 Å². The van der Waals surface area contributed by atoms with E-state index in [2.05, 4.69) is 224 Å². The number of fused-ring (bicyclic) bond motifs is 4. The van der Waals surface area contributed by atoms with Gasteiger partial charge in [0.1, 0.15) is 0 Å². The highest BCUT2D eigenvalue weighted by Gasteiger charge is 2.35. The minimum atomic E-state index is -0.0312. The molecule has 0 bridgehead atoms. The van der Waals surface area contributed by atoms with Crippen molar-refractivity contribution in [1.29, 1.82) is 0 Å². The molecule has 1 nitrogen and oxygen atoms in total. The second-order valence-electron chi connectivity index (χ2n) is 16.8. The molecule has 292 valence electrons. The lowest BCUT2D eigenvalue weighted by molar-refractivity contribution is 0.660. The van der Waals surface area contributed by atoms with Crippen molar-refractivity contribution in [3.63, 3.8) is 0 Å². The molecule has 0 saturated heterocycles. The summed E-state index contributed by atoms with van der Waals surface area (Å²) in [5.41, 5.74) is 22.1. The van der Waals surface area contributed by atoms with Gasteiger partial charge in [0.15, 0.2) is 0 Å². The fraction of sp³-hybridized carbons (Fsp3) is 0.136. The Morgan fingerprint density at radius 2 is 1.03 bits per heavy atom. The number of allylic oxidation sites excluding steroid dienone is 3. The van der Waals surface area contributed by atoms with Gasteiger partial charge in [0.05, 0.1) is 5.70 Å². The van der Waals surface area contributed by atoms with Crippen LogP contribution in [0.15, 0.2) is 199 Å². The first-order chi connectivity index (χ1) is 29.2. The molecule has 0 heterocycles. The quantitative estimate of drug-likeness (QED) is 0.102. The van der Waals surface area contributed by atoms with Crippen molar-refractivity contribution in [1.82, 2.24) is 0 Å². The third kappa shape index (κ3) is 7.15. The molecule has 0 saturated carbocycles. The molecule has 0 radical (unpaired) electrons. The van der Waals surface area contributed by atoms with Gasteiger partial charge in [-0.1, -0.05) is 202 Å². The molecule has 0 N–H and O–H groups in total. The molecule has 0 aliphatic heterocycles. The van der Waals surface area contributed by atoms with E-state index in [1.807, 2.05) is 6.07 Å². The minimum absolute atomic E-state index is 0.0312. The molecule has 0 amide bonds. The monoisotopic (exact) mass is 773 g/mol. The van der Waals surface area contributed by atoms with Crippen molar-refractivity contribution in [2.45, 2.75) is 53.4 Å². The molecular formula is C59H51N. The number of aryl methyl sites for hydroxylation is 1. The highest BCUT2D eigenvalue weighted by Crippen LogP contribution is 2.50. The Hall–Kier alpha value is -6.83. The van der Waals surface area contributed by atoms with Gasteiger partial charge in [-0.15, -0.1) is 0 Å². The van der Waals surface area contributed by atoms with Gasteiger partial charge < -0.3 is 0 Å². The maximum atomic E-state index is 5.23. The summed E-state index contributed by atoms with van der Waals surface area (Å²) in [5.74, 6) is 0. The third-order valence-electron chi connectivity index (χ3n) is 12.7. The van der Waals surface area contributed by atoms with Gasteiger partial charge >= 0.3 is 0 Å². The zero-order valence-electron chi connectivity index (χ0n) is 35.6. The molecule has 9 rings (SSSR count). The first kappa shape index (κ1) is 38.7. The van der Waals surface area contributed by atoms with Crippen LogP contribution in [0.1, 0.15) is 74.4 Å². The number of hydrogen-bond donors (Lipinski definition) is 0. The van der Waals surface area contributed by atoms with Crippen LogP contribution in [0.4, 0.5) is 0 Å². The van der Waals surface area contributed by atoms with E-state index in [0.717, 1.165) is 29.0 Å². The maximum Gasteiger partial charge on any atom is 0.0711 e. The van der Waals surface area contributed by atoms with E-state index in [1.165, 1.54) is 88.7 Å². The summed E-state index contributed by atoms with van der Waals surface area (Å²) in [6.45, 7) is 13.5. The summed E-state index contributed by atoms with van der Waals surface area (Å²) in [5, 5.41) is 2.50. The molecule has 0 unspecified atom stereocenters. The van der Waals surface area contributed by atoms with Crippen LogP contribution in [0, 0.1) is 6.92 Å². The molecule has 8 aromatic carbocycles. The Bertz CT molecular complexity index is 2950. The predicted molar refractivity (Wildman–Crippen MR) is 259 cm³/mol. The Morgan fingerprint density at radius 1 is 0.500 bits per heavy atom. The Balaban J connectivity index is 1.07. The Kier molecular flexibility index (Phi) is 10.4. The van der Waals surface area contributed by atoms with E-state index in [0.29, 0.717) is 0 Å². The largest absolute Gasteiger partial charge is 0.252 e. The van der Waals surface area contributed by atoms with Gasteiger partial charge in [-0.25, -0.2) is 0 Å². The lowest BCUT2D eigenvalue weighted by Gasteiger charge is -2.22. The topological polar surface area (TPSA) is 12.4 Å². The van der Waals surface area contributed by atoms with Crippen molar-refractivity contribution in [3.05, 3.63) is 227 Å². The van der Waals surface area contributed by atoms with E-state index in [9.17, 15) is 0 Å². The predicted octanol–water partition coefficient (Wildman–Crippen LogP) is 16.2. The normalized spacial score (nSPS) is 13.8. The second kappa shape index (κ2) is 16.1. The standard InChI is InChI=1S/C59H51N/c1-7-39(2)53(38-57(47-20-12-9-13-21-47)60-41(4)42-18-10-8-11-19-42)46-34-30-44(31-35-46)50-26-17-23-48-22-16-25-49(58(48)50)43-28-32-45(33-29-43)52-37-56-54(36-40(52)3)51-24-14-15-27-55(51)59(56,5)6/h8-38H,7H2,1-6H3/b53-39+,57-38-,60-41+. The highest BCUT2D eigenvalue weighted by molar-refractivity contribution is 6.07. The fourth-order valence-electron chi connectivity index (χ4n) is 9.14. The van der Waals surface area contributed by atoms with Crippen LogP contribution in [-0.4, -0.2) is 5.71 Å². The third-order valence-corrected chi connectivity index (χ3v) is 12.7. The first-order valence-electron chi connectivity index (χ1n) is 21.3. The van der Waals surface area contributed by atoms with Crippen LogP contribution in [0.5, 0.6) is 0 Å². The van der Waals surface area contributed by atoms with Crippen LogP contribution in [0.2, 0.25) is 0 Å². The van der Waals surface area contributed by atoms with Gasteiger partial charge in [0.2, 0.25) is 0 Å². The molecule has 0 spiro atoms. The molecule has 1 aliphatic rings. The molecule has 1 aliphatic carbocycles. The summed E-state index contributed by atoms with van der Waals surface area (Å²) in [4.78, 5) is 5.23. The summed E-state index contributed by atoms with van der Waals surface area (Å²) < 4.78 is 0. The zero-order valence-corrected chi connectivity index (χ0v) is 35.6. The summed E-state index contributed by atoms with van der Waals surface area (Å²) in [6.07, 6.45) is 3.22. The van der Waals surface area contributed by atoms with Gasteiger partial charge in [0.25, 0.3) is 0 Å². The number of rotatable bonds is 9. The lowest BCUT2D eigenvalue weighted by Crippen LogP contribution is -2.15. The van der Waals surface area contributed by atoms with Crippen molar-refractivity contribution >= 4 is 27.8 Å². The van der Waals surface area contributed by atoms with Gasteiger partial charge in [-0.3, -0.25) is 4.99 Å². The van der Waals surface area contributed by atoms with Crippen molar-refractivity contribution in [3.8, 4) is 44.5 Å². The molecule has 1 heteroatoms. The molecule has 0 fully saturated rings. The number of nitrogens with zero attached hydrogens (tertiary/aromatic N) is 1. The first-order valence-corrected chi connectivity index (χ1v) is 21.3. The summed E-state index contributed by atoms with van der Waals surface area (Å²) >= 11 is 0. The molecule has 8 aromatic rings. The Morgan fingerprint density at radius 3 is 1.65 bits per heavy atom. The zero-order chi connectivity index (χ0) is 41.4. The van der Waals surface area contributed by atoms with E-state index >= 15 is 0 Å². The van der Waals surface area contributed by atoms with Crippen molar-refractivity contribution in [2.75, 3.05) is 0 Å². The van der Waals surface area contributed by atoms with Gasteiger partial charge in [-0.05, 0) is 128 Å². The van der Waals surface area contributed by atoms with Gasteiger partial charge in [0, 0.05) is 16.7 Å². The Labute approximate surface area is 356 Å². The van der Waals surface area contributed by atoms with Gasteiger partial charge in [-0.2, -0.15) is 0 Å². The smallest absolute Gasteiger partial charge is 0.0711 e. The SMILES string of the molecule is CC\C(C)=C(/C=C(\N=C(/C)c1ccccc1)c1ccccc1)c1ccc(-c2cccc3cccc(-c4ccc(-c5cc6c(cc5C)-c5ccccc5C6(C)C)cc4)c23)cc1. The van der Waals surface area contributed by atoms with E-state index in [-0.39, 0.29) is 5.41 Å². The summed E-state index contributed by atoms with van der Waals surface area (Å²) in [6, 6.07) is 66.4. The van der Waals surface area contributed by atoms with Crippen molar-refractivity contribution < 1.29 is 0 Å². The van der Waals surface area contributed by atoms with Crippen LogP contribution < -0.4 is 0 Å². The average Bonchev–Trinajstić information content (AvgIpc) is 3.52. The fourth-order valence-corrected chi connectivity index (χ4v) is 9.14.